The van der Waals surface area contributed by atoms with Crippen LogP contribution in [-0.2, 0) is 17.8 Å². The monoisotopic (exact) mass is 354 g/mol. The van der Waals surface area contributed by atoms with Crippen molar-refractivity contribution >= 4 is 22.8 Å². The number of carbonyl (C=O) groups is 2. The van der Waals surface area contributed by atoms with Crippen molar-refractivity contribution in [3.05, 3.63) is 65.4 Å². The van der Waals surface area contributed by atoms with E-state index < -0.39 is 18.0 Å². The number of fused-ring (bicyclic) bond motifs is 1. The van der Waals surface area contributed by atoms with Gasteiger partial charge in [-0.3, -0.25) is 4.79 Å². The number of hydrogen-bond donors (Lipinski definition) is 4. The number of aromatic nitrogens is 1. The lowest BCUT2D eigenvalue weighted by Gasteiger charge is -2.08. The molecule has 1 atom stereocenters. The van der Waals surface area contributed by atoms with E-state index in [0.29, 0.717) is 5.75 Å². The topological polar surface area (TPSA) is 126 Å². The summed E-state index contributed by atoms with van der Waals surface area (Å²) >= 11 is 0. The molecule has 26 heavy (non-hydrogen) atoms. The molecular formula is C19H18N2O5. The molecule has 3 rings (SSSR count). The summed E-state index contributed by atoms with van der Waals surface area (Å²) in [6, 6.07) is 11.1. The van der Waals surface area contributed by atoms with Gasteiger partial charge in [-0.05, 0) is 35.4 Å². The largest absolute Gasteiger partial charge is 0.489 e. The van der Waals surface area contributed by atoms with Crippen LogP contribution in [0.25, 0.3) is 10.9 Å². The van der Waals surface area contributed by atoms with E-state index in [-0.39, 0.29) is 18.6 Å². The van der Waals surface area contributed by atoms with Crippen molar-refractivity contribution < 1.29 is 24.5 Å². The van der Waals surface area contributed by atoms with Gasteiger partial charge in [0.2, 0.25) is 0 Å². The summed E-state index contributed by atoms with van der Waals surface area (Å²) < 4.78 is 5.73. The summed E-state index contributed by atoms with van der Waals surface area (Å²) in [6.07, 6.45) is 1.98. The Morgan fingerprint density at radius 2 is 1.96 bits per heavy atom. The fraction of sp³-hybridized carbons (Fsp3) is 0.158. The van der Waals surface area contributed by atoms with Crippen molar-refractivity contribution in [2.45, 2.75) is 19.1 Å². The fourth-order valence-electron chi connectivity index (χ4n) is 2.71. The molecule has 0 unspecified atom stereocenters. The number of H-pyrrole nitrogens is 1. The van der Waals surface area contributed by atoms with Gasteiger partial charge in [0.25, 0.3) is 0 Å². The molecule has 0 amide bonds. The van der Waals surface area contributed by atoms with Gasteiger partial charge >= 0.3 is 11.9 Å². The van der Waals surface area contributed by atoms with Gasteiger partial charge in [0.15, 0.2) is 0 Å². The smallest absolute Gasteiger partial charge is 0.335 e. The van der Waals surface area contributed by atoms with Crippen molar-refractivity contribution in [2.75, 3.05) is 0 Å². The van der Waals surface area contributed by atoms with Gasteiger partial charge in [0.05, 0.1) is 5.56 Å². The Morgan fingerprint density at radius 1 is 1.15 bits per heavy atom. The molecule has 0 saturated carbocycles. The molecule has 0 spiro atoms. The zero-order chi connectivity index (χ0) is 18.7. The second-order valence-electron chi connectivity index (χ2n) is 5.96. The molecule has 1 aromatic heterocycles. The molecule has 0 saturated heterocycles. The Kier molecular flexibility index (Phi) is 4.90. The molecular weight excluding hydrogens is 336 g/mol. The van der Waals surface area contributed by atoms with Crippen LogP contribution in [0.3, 0.4) is 0 Å². The zero-order valence-electron chi connectivity index (χ0n) is 13.8. The Balaban J connectivity index is 1.73. The highest BCUT2D eigenvalue weighted by atomic mass is 16.5. The highest BCUT2D eigenvalue weighted by molar-refractivity contribution is 5.87. The second-order valence-corrected chi connectivity index (χ2v) is 5.96. The third kappa shape index (κ3) is 3.84. The number of hydrogen-bond acceptors (Lipinski definition) is 4. The summed E-state index contributed by atoms with van der Waals surface area (Å²) in [5, 5.41) is 18.8. The molecule has 1 heterocycles. The second kappa shape index (κ2) is 7.28. The van der Waals surface area contributed by atoms with Crippen molar-refractivity contribution in [3.8, 4) is 5.75 Å². The van der Waals surface area contributed by atoms with E-state index in [0.717, 1.165) is 22.0 Å². The van der Waals surface area contributed by atoms with E-state index in [1.54, 1.807) is 30.5 Å². The van der Waals surface area contributed by atoms with Gasteiger partial charge in [-0.1, -0.05) is 12.1 Å². The lowest BCUT2D eigenvalue weighted by atomic mass is 10.1. The van der Waals surface area contributed by atoms with Gasteiger partial charge in [0, 0.05) is 29.6 Å². The van der Waals surface area contributed by atoms with Crippen LogP contribution in [0.2, 0.25) is 0 Å². The van der Waals surface area contributed by atoms with Crippen LogP contribution in [0.15, 0.2) is 48.7 Å². The van der Waals surface area contributed by atoms with Gasteiger partial charge in [-0.25, -0.2) is 4.79 Å². The molecule has 134 valence electrons. The number of aromatic carboxylic acids is 1. The van der Waals surface area contributed by atoms with Gasteiger partial charge in [-0.15, -0.1) is 0 Å². The first-order valence-electron chi connectivity index (χ1n) is 7.97. The quantitative estimate of drug-likeness (QED) is 0.516. The molecule has 0 aliphatic rings. The molecule has 7 heteroatoms. The Morgan fingerprint density at radius 3 is 2.69 bits per heavy atom. The van der Waals surface area contributed by atoms with Crippen LogP contribution >= 0.6 is 0 Å². The van der Waals surface area contributed by atoms with Gasteiger partial charge in [-0.2, -0.15) is 0 Å². The van der Waals surface area contributed by atoms with Crippen LogP contribution in [-0.4, -0.2) is 33.2 Å². The van der Waals surface area contributed by atoms with Crippen LogP contribution in [0.4, 0.5) is 0 Å². The molecule has 5 N–H and O–H groups in total. The molecule has 0 radical (unpaired) electrons. The zero-order valence-corrected chi connectivity index (χ0v) is 13.8. The summed E-state index contributed by atoms with van der Waals surface area (Å²) in [6.45, 7) is 0.240. The Labute approximate surface area is 149 Å². The fourth-order valence-corrected chi connectivity index (χ4v) is 2.71. The first-order valence-corrected chi connectivity index (χ1v) is 7.97. The van der Waals surface area contributed by atoms with Gasteiger partial charge < -0.3 is 25.7 Å². The maximum Gasteiger partial charge on any atom is 0.335 e. The third-order valence-electron chi connectivity index (χ3n) is 4.08. The van der Waals surface area contributed by atoms with E-state index in [1.165, 1.54) is 6.07 Å². The van der Waals surface area contributed by atoms with Crippen LogP contribution in [0.1, 0.15) is 21.5 Å². The number of rotatable bonds is 7. The summed E-state index contributed by atoms with van der Waals surface area (Å²) in [5.74, 6) is -1.40. The molecule has 2 aromatic carbocycles. The number of carboxylic acids is 2. The van der Waals surface area contributed by atoms with Crippen LogP contribution < -0.4 is 10.5 Å². The lowest BCUT2D eigenvalue weighted by molar-refractivity contribution is -0.138. The highest BCUT2D eigenvalue weighted by Crippen LogP contribution is 2.25. The first kappa shape index (κ1) is 17.5. The van der Waals surface area contributed by atoms with E-state index in [4.69, 9.17) is 20.7 Å². The average Bonchev–Trinajstić information content (AvgIpc) is 3.02. The molecule has 0 fully saturated rings. The van der Waals surface area contributed by atoms with Crippen molar-refractivity contribution in [1.82, 2.24) is 4.98 Å². The summed E-state index contributed by atoms with van der Waals surface area (Å²) in [7, 11) is 0. The molecule has 3 aromatic rings. The summed E-state index contributed by atoms with van der Waals surface area (Å²) in [4.78, 5) is 25.0. The lowest BCUT2D eigenvalue weighted by Crippen LogP contribution is -2.32. The standard InChI is InChI=1S/C19H18N2O5/c20-16(19(24)25)7-13-9-21-17-8-14(4-5-15(13)17)26-10-11-2-1-3-12(6-11)18(22)23/h1-6,8-9,16,21H,7,10,20H2,(H,22,23)(H,24,25)/t16-/m0/s1. The number of aliphatic carboxylic acids is 1. The Bertz CT molecular complexity index is 963. The van der Waals surface area contributed by atoms with Crippen LogP contribution in [0.5, 0.6) is 5.75 Å². The van der Waals surface area contributed by atoms with E-state index in [9.17, 15) is 9.59 Å². The van der Waals surface area contributed by atoms with Crippen molar-refractivity contribution in [1.29, 1.82) is 0 Å². The molecule has 0 bridgehead atoms. The highest BCUT2D eigenvalue weighted by Gasteiger charge is 2.15. The number of nitrogens with one attached hydrogen (secondary N) is 1. The third-order valence-corrected chi connectivity index (χ3v) is 4.08. The SMILES string of the molecule is N[C@@H](Cc1c[nH]c2cc(OCc3cccc(C(=O)O)c3)ccc12)C(=O)O. The Hall–Kier alpha value is -3.32. The minimum absolute atomic E-state index is 0.213. The maximum absolute atomic E-state index is 11.0. The minimum atomic E-state index is -1.04. The molecule has 7 nitrogen and oxygen atoms in total. The van der Waals surface area contributed by atoms with Gasteiger partial charge in [0.1, 0.15) is 18.4 Å². The number of nitrogens with two attached hydrogens (primary N) is 1. The summed E-state index contributed by atoms with van der Waals surface area (Å²) in [5.41, 5.74) is 8.21. The van der Waals surface area contributed by atoms with Crippen molar-refractivity contribution in [3.63, 3.8) is 0 Å². The molecule has 0 aliphatic carbocycles. The number of carboxylic acid groups (broad SMARTS) is 2. The van der Waals surface area contributed by atoms with E-state index >= 15 is 0 Å². The predicted molar refractivity (Wildman–Crippen MR) is 95.3 cm³/mol. The predicted octanol–water partition coefficient (Wildman–Crippen LogP) is 2.40. The molecule has 0 aliphatic heterocycles. The van der Waals surface area contributed by atoms with E-state index in [1.807, 2.05) is 12.1 Å². The average molecular weight is 354 g/mol. The normalized spacial score (nSPS) is 12.0. The number of ether oxygens (including phenoxy) is 1. The first-order chi connectivity index (χ1) is 12.4. The van der Waals surface area contributed by atoms with Crippen LogP contribution in [0, 0.1) is 0 Å². The minimum Gasteiger partial charge on any atom is -0.489 e. The van der Waals surface area contributed by atoms with Crippen molar-refractivity contribution in [2.24, 2.45) is 5.73 Å². The number of aromatic amines is 1. The van der Waals surface area contributed by atoms with E-state index in [2.05, 4.69) is 4.98 Å². The maximum atomic E-state index is 11.0. The number of benzene rings is 2.